The first-order valence-corrected chi connectivity index (χ1v) is 14.2. The van der Waals surface area contributed by atoms with Crippen LogP contribution in [0.5, 0.6) is 5.75 Å². The molecule has 2 heterocycles. The summed E-state index contributed by atoms with van der Waals surface area (Å²) in [4.78, 5) is 37.9. The maximum atomic E-state index is 13.2. The summed E-state index contributed by atoms with van der Waals surface area (Å²) >= 11 is 0. The quantitative estimate of drug-likeness (QED) is 0.307. The number of piperazine rings is 1. The third-order valence-corrected chi connectivity index (χ3v) is 8.20. The second-order valence-corrected chi connectivity index (χ2v) is 11.2. The number of benzene rings is 2. The molecule has 5 rings (SSSR count). The third kappa shape index (κ3) is 6.17. The molecule has 0 radical (unpaired) electrons. The van der Waals surface area contributed by atoms with Gasteiger partial charge >= 0.3 is 0 Å². The number of nitro benzene ring substituents is 1. The van der Waals surface area contributed by atoms with Crippen LogP contribution >= 0.6 is 0 Å². The number of rotatable bonds is 7. The summed E-state index contributed by atoms with van der Waals surface area (Å²) in [5.74, 6) is 2.28. The second-order valence-electron chi connectivity index (χ2n) is 11.2. The maximum Gasteiger partial charge on any atom is 0.270 e. The molecule has 0 spiro atoms. The number of nitrogens with one attached hydrogen (secondary N) is 1. The Morgan fingerprint density at radius 3 is 2.54 bits per heavy atom. The molecule has 1 aliphatic carbocycles. The highest BCUT2D eigenvalue weighted by molar-refractivity contribution is 5.94. The molecule has 216 valence electrons. The van der Waals surface area contributed by atoms with Crippen molar-refractivity contribution >= 4 is 33.9 Å². The molecular formula is C31H38N6O4. The van der Waals surface area contributed by atoms with E-state index in [0.29, 0.717) is 18.1 Å². The highest BCUT2D eigenvalue weighted by Gasteiger charge is 2.29. The van der Waals surface area contributed by atoms with Crippen molar-refractivity contribution in [3.63, 3.8) is 0 Å². The molecule has 1 fully saturated rings. The molecule has 2 aromatic carbocycles. The molecule has 1 unspecified atom stereocenters. The summed E-state index contributed by atoms with van der Waals surface area (Å²) in [5.41, 5.74) is 4.58. The van der Waals surface area contributed by atoms with Crippen molar-refractivity contribution in [3.8, 4) is 5.75 Å². The van der Waals surface area contributed by atoms with Crippen LogP contribution in [0.25, 0.3) is 16.5 Å². The van der Waals surface area contributed by atoms with Gasteiger partial charge in [0.05, 0.1) is 23.6 Å². The van der Waals surface area contributed by atoms with Crippen LogP contribution in [0.1, 0.15) is 54.7 Å². The Morgan fingerprint density at radius 1 is 1.12 bits per heavy atom. The van der Waals surface area contributed by atoms with Crippen molar-refractivity contribution in [2.24, 2.45) is 5.92 Å². The maximum absolute atomic E-state index is 13.2. The number of amides is 1. The first-order chi connectivity index (χ1) is 19.6. The molecule has 2 aliphatic rings. The Kier molecular flexibility index (Phi) is 8.21. The van der Waals surface area contributed by atoms with E-state index in [1.54, 1.807) is 19.2 Å². The van der Waals surface area contributed by atoms with E-state index >= 15 is 0 Å². The minimum absolute atomic E-state index is 0.0102. The molecule has 0 bridgehead atoms. The summed E-state index contributed by atoms with van der Waals surface area (Å²) in [7, 11) is 3.75. The van der Waals surface area contributed by atoms with Gasteiger partial charge in [0.15, 0.2) is 0 Å². The number of hydrogen-bond donors (Lipinski definition) is 1. The van der Waals surface area contributed by atoms with Gasteiger partial charge in [-0.25, -0.2) is 9.97 Å². The third-order valence-electron chi connectivity index (χ3n) is 8.20. The van der Waals surface area contributed by atoms with Crippen molar-refractivity contribution in [1.82, 2.24) is 19.8 Å². The van der Waals surface area contributed by atoms with Gasteiger partial charge in [0.25, 0.3) is 5.69 Å². The van der Waals surface area contributed by atoms with Crippen molar-refractivity contribution < 1.29 is 14.5 Å². The van der Waals surface area contributed by atoms with Gasteiger partial charge in [-0.15, -0.1) is 0 Å². The Labute approximate surface area is 240 Å². The number of aryl methyl sites for hydroxylation is 2. The van der Waals surface area contributed by atoms with E-state index in [1.807, 2.05) is 37.8 Å². The number of carbonyl (C=O) groups is 1. The molecular weight excluding hydrogens is 520 g/mol. The number of non-ortho nitro benzene ring substituents is 1. The molecule has 10 nitrogen and oxygen atoms in total. The standard InChI is InChI=1S/C31H38N6O4/c1-19-14-24(16-25(15-19)37(39)40)20(2)32-30-27-17-26(29(41-5)18-28(27)33-21(3)34-30)22-6-8-23(9-7-22)31(38)36-12-10-35(4)11-13-36/h6,14-18,20,23H,7-13H2,1-5H3,(H,32,33,34)/t20-,23?/m1/s1. The zero-order chi connectivity index (χ0) is 29.3. The number of nitrogens with zero attached hydrogens (tertiary/aromatic N) is 5. The van der Waals surface area contributed by atoms with Gasteiger partial charge in [0.1, 0.15) is 17.4 Å². The van der Waals surface area contributed by atoms with Gasteiger partial charge in [-0.2, -0.15) is 0 Å². The number of allylic oxidation sites excluding steroid dienone is 2. The SMILES string of the molecule is COc1cc2nc(C)nc(N[C@H](C)c3cc(C)cc([N+](=O)[O-])c3)c2cc1C1=CCC(C(=O)N2CCN(C)CC2)CC1. The highest BCUT2D eigenvalue weighted by atomic mass is 16.6. The van der Waals surface area contributed by atoms with Crippen LogP contribution in [-0.4, -0.2) is 70.9 Å². The lowest BCUT2D eigenvalue weighted by molar-refractivity contribution is -0.385. The van der Waals surface area contributed by atoms with Gasteiger partial charge in [0.2, 0.25) is 5.91 Å². The van der Waals surface area contributed by atoms with Crippen LogP contribution in [0.4, 0.5) is 11.5 Å². The predicted octanol–water partition coefficient (Wildman–Crippen LogP) is 5.29. The van der Waals surface area contributed by atoms with Crippen molar-refractivity contribution in [1.29, 1.82) is 0 Å². The smallest absolute Gasteiger partial charge is 0.270 e. The first kappa shape index (κ1) is 28.5. The molecule has 2 atom stereocenters. The predicted molar refractivity (Wildman–Crippen MR) is 160 cm³/mol. The van der Waals surface area contributed by atoms with E-state index in [9.17, 15) is 14.9 Å². The van der Waals surface area contributed by atoms with Crippen molar-refractivity contribution in [2.75, 3.05) is 45.7 Å². The van der Waals surface area contributed by atoms with Crippen molar-refractivity contribution in [3.05, 3.63) is 69.0 Å². The summed E-state index contributed by atoms with van der Waals surface area (Å²) in [5, 5.41) is 15.7. The molecule has 1 aromatic heterocycles. The monoisotopic (exact) mass is 558 g/mol. The Balaban J connectivity index is 1.43. The van der Waals surface area contributed by atoms with Crippen LogP contribution in [0, 0.1) is 29.9 Å². The summed E-state index contributed by atoms with van der Waals surface area (Å²) in [6, 6.07) is 8.89. The van der Waals surface area contributed by atoms with Crippen LogP contribution in [0.2, 0.25) is 0 Å². The first-order valence-electron chi connectivity index (χ1n) is 14.2. The Morgan fingerprint density at radius 2 is 1.88 bits per heavy atom. The topological polar surface area (TPSA) is 114 Å². The number of likely N-dealkylation sites (N-methyl/N-ethyl adjacent to an activating group) is 1. The largest absolute Gasteiger partial charge is 0.496 e. The number of hydrogen-bond acceptors (Lipinski definition) is 8. The van der Waals surface area contributed by atoms with Gasteiger partial charge in [0, 0.05) is 61.2 Å². The van der Waals surface area contributed by atoms with E-state index in [1.165, 1.54) is 0 Å². The minimum Gasteiger partial charge on any atom is -0.496 e. The Hall–Kier alpha value is -4.05. The number of ether oxygens (including phenoxy) is 1. The lowest BCUT2D eigenvalue weighted by Gasteiger charge is -2.35. The van der Waals surface area contributed by atoms with Gasteiger partial charge in [-0.3, -0.25) is 14.9 Å². The minimum atomic E-state index is -0.368. The average Bonchev–Trinajstić information content (AvgIpc) is 2.96. The molecule has 10 heteroatoms. The van der Waals surface area contributed by atoms with Gasteiger partial charge in [-0.1, -0.05) is 12.1 Å². The molecule has 1 aliphatic heterocycles. The number of aromatic nitrogens is 2. The van der Waals surface area contributed by atoms with E-state index in [0.717, 1.165) is 77.9 Å². The molecule has 0 saturated carbocycles. The van der Waals surface area contributed by atoms with Gasteiger partial charge < -0.3 is 19.9 Å². The van der Waals surface area contributed by atoms with Gasteiger partial charge in [-0.05, 0) is 69.8 Å². The molecule has 41 heavy (non-hydrogen) atoms. The number of carbonyl (C=O) groups excluding carboxylic acids is 1. The van der Waals surface area contributed by atoms with Crippen LogP contribution in [0.15, 0.2) is 36.4 Å². The average molecular weight is 559 g/mol. The summed E-state index contributed by atoms with van der Waals surface area (Å²) in [6.07, 6.45) is 4.48. The van der Waals surface area contributed by atoms with Crippen LogP contribution in [0.3, 0.4) is 0 Å². The molecule has 1 N–H and O–H groups in total. The van der Waals surface area contributed by atoms with E-state index in [4.69, 9.17) is 9.72 Å². The van der Waals surface area contributed by atoms with Crippen LogP contribution < -0.4 is 10.1 Å². The fraction of sp³-hybridized carbons (Fsp3) is 0.452. The fourth-order valence-corrected chi connectivity index (χ4v) is 5.83. The number of nitro groups is 1. The molecule has 1 amide bonds. The summed E-state index contributed by atoms with van der Waals surface area (Å²) in [6.45, 7) is 9.10. The zero-order valence-electron chi connectivity index (χ0n) is 24.4. The zero-order valence-corrected chi connectivity index (χ0v) is 24.4. The Bertz CT molecular complexity index is 1510. The summed E-state index contributed by atoms with van der Waals surface area (Å²) < 4.78 is 5.80. The second kappa shape index (κ2) is 11.8. The highest BCUT2D eigenvalue weighted by Crippen LogP contribution is 2.39. The number of fused-ring (bicyclic) bond motifs is 1. The number of anilines is 1. The molecule has 3 aromatic rings. The lowest BCUT2D eigenvalue weighted by Crippen LogP contribution is -2.49. The molecule has 1 saturated heterocycles. The normalized spacial score (nSPS) is 18.6. The van der Waals surface area contributed by atoms with E-state index < -0.39 is 0 Å². The van der Waals surface area contributed by atoms with E-state index in [2.05, 4.69) is 34.4 Å². The van der Waals surface area contributed by atoms with Crippen LogP contribution in [-0.2, 0) is 4.79 Å². The van der Waals surface area contributed by atoms with E-state index in [-0.39, 0.29) is 28.5 Å². The fourth-order valence-electron chi connectivity index (χ4n) is 5.83. The lowest BCUT2D eigenvalue weighted by atomic mass is 9.85. The number of methoxy groups -OCH3 is 1. The van der Waals surface area contributed by atoms with Crippen molar-refractivity contribution in [2.45, 2.75) is 46.1 Å².